The van der Waals surface area contributed by atoms with Crippen LogP contribution in [-0.2, 0) is 20.0 Å². The molecule has 2 aromatic rings. The summed E-state index contributed by atoms with van der Waals surface area (Å²) >= 11 is 0. The number of halogens is 2. The van der Waals surface area contributed by atoms with Gasteiger partial charge in [0.05, 0.1) is 4.90 Å². The van der Waals surface area contributed by atoms with Gasteiger partial charge in [-0.2, -0.15) is 8.61 Å². The van der Waals surface area contributed by atoms with Crippen molar-refractivity contribution in [1.82, 2.24) is 8.61 Å². The van der Waals surface area contributed by atoms with Crippen molar-refractivity contribution < 1.29 is 25.6 Å². The average Bonchev–Trinajstić information content (AvgIpc) is 2.73. The predicted molar refractivity (Wildman–Crippen MR) is 109 cm³/mol. The van der Waals surface area contributed by atoms with Gasteiger partial charge in [-0.15, -0.1) is 0 Å². The molecule has 1 unspecified atom stereocenters. The molecule has 6 nitrogen and oxygen atoms in total. The summed E-state index contributed by atoms with van der Waals surface area (Å²) < 4.78 is 80.4. The second kappa shape index (κ2) is 8.70. The molecule has 1 saturated heterocycles. The quantitative estimate of drug-likeness (QED) is 0.667. The highest BCUT2D eigenvalue weighted by molar-refractivity contribution is 7.89. The molecule has 1 heterocycles. The second-order valence-corrected chi connectivity index (χ2v) is 11.1. The van der Waals surface area contributed by atoms with E-state index in [0.717, 1.165) is 28.4 Å². The highest BCUT2D eigenvalue weighted by Gasteiger charge is 2.35. The van der Waals surface area contributed by atoms with Crippen molar-refractivity contribution in [3.63, 3.8) is 0 Å². The van der Waals surface area contributed by atoms with Crippen molar-refractivity contribution in [2.75, 3.05) is 26.2 Å². The van der Waals surface area contributed by atoms with E-state index < -0.39 is 36.6 Å². The van der Waals surface area contributed by atoms with Gasteiger partial charge in [-0.25, -0.2) is 25.6 Å². The average molecular weight is 459 g/mol. The minimum absolute atomic E-state index is 0.0580. The molecule has 1 aliphatic heterocycles. The van der Waals surface area contributed by atoms with E-state index in [2.05, 4.69) is 13.8 Å². The van der Waals surface area contributed by atoms with Crippen LogP contribution in [0.5, 0.6) is 0 Å². The van der Waals surface area contributed by atoms with Gasteiger partial charge in [-0.05, 0) is 42.2 Å². The Morgan fingerprint density at radius 3 is 1.90 bits per heavy atom. The molecule has 0 saturated carbocycles. The Hall–Kier alpha value is -1.88. The first-order valence-corrected chi connectivity index (χ1v) is 12.5. The summed E-state index contributed by atoms with van der Waals surface area (Å²) in [7, 11) is -7.96. The summed E-state index contributed by atoms with van der Waals surface area (Å²) in [6, 6.07) is 8.97. The maximum atomic E-state index is 14.0. The largest absolute Gasteiger partial charge is 0.246 e. The van der Waals surface area contributed by atoms with E-state index in [9.17, 15) is 25.6 Å². The standard InChI is InChI=1S/C20H24F2N2O4S2/c1-3-15(2)16-4-7-18(8-5-16)29(25,26)23-10-12-24(13-11-23)30(27,28)20-9-6-17(21)14-19(20)22/h4-9,14-15H,3,10-13H2,1-2H3. The van der Waals surface area contributed by atoms with Crippen molar-refractivity contribution in [1.29, 1.82) is 0 Å². The maximum absolute atomic E-state index is 14.0. The lowest BCUT2D eigenvalue weighted by Crippen LogP contribution is -2.50. The molecule has 1 fully saturated rings. The van der Waals surface area contributed by atoms with Crippen molar-refractivity contribution >= 4 is 20.0 Å². The van der Waals surface area contributed by atoms with Gasteiger partial charge in [0.25, 0.3) is 0 Å². The zero-order valence-electron chi connectivity index (χ0n) is 16.8. The summed E-state index contributed by atoms with van der Waals surface area (Å²) in [4.78, 5) is -0.476. The topological polar surface area (TPSA) is 74.8 Å². The van der Waals surface area contributed by atoms with Crippen molar-refractivity contribution in [3.8, 4) is 0 Å². The van der Waals surface area contributed by atoms with Gasteiger partial charge in [0.15, 0.2) is 0 Å². The summed E-state index contributed by atoms with van der Waals surface area (Å²) in [6.07, 6.45) is 0.942. The number of hydrogen-bond donors (Lipinski definition) is 0. The molecule has 0 N–H and O–H groups in total. The molecule has 0 bridgehead atoms. The fraction of sp³-hybridized carbons (Fsp3) is 0.400. The van der Waals surface area contributed by atoms with Crippen LogP contribution < -0.4 is 0 Å². The van der Waals surface area contributed by atoms with Crippen LogP contribution in [0.1, 0.15) is 31.7 Å². The van der Waals surface area contributed by atoms with E-state index in [1.54, 1.807) is 24.3 Å². The van der Waals surface area contributed by atoms with Crippen molar-refractivity contribution in [3.05, 3.63) is 59.7 Å². The van der Waals surface area contributed by atoms with Gasteiger partial charge >= 0.3 is 0 Å². The summed E-state index contributed by atoms with van der Waals surface area (Å²) in [5.41, 5.74) is 1.05. The molecule has 0 aromatic heterocycles. The Morgan fingerprint density at radius 2 is 1.40 bits per heavy atom. The Balaban J connectivity index is 1.74. The number of sulfonamides is 2. The van der Waals surface area contributed by atoms with Crippen LogP contribution in [0.3, 0.4) is 0 Å². The van der Waals surface area contributed by atoms with E-state index in [4.69, 9.17) is 0 Å². The first kappa shape index (κ1) is 22.8. The normalized spacial score (nSPS) is 17.7. The molecule has 164 valence electrons. The predicted octanol–water partition coefficient (Wildman–Crippen LogP) is 3.17. The highest BCUT2D eigenvalue weighted by Crippen LogP contribution is 2.25. The first-order chi connectivity index (χ1) is 14.1. The molecule has 1 aliphatic rings. The number of nitrogens with zero attached hydrogens (tertiary/aromatic N) is 2. The molecule has 30 heavy (non-hydrogen) atoms. The third kappa shape index (κ3) is 4.41. The number of hydrogen-bond acceptors (Lipinski definition) is 4. The van der Waals surface area contributed by atoms with E-state index in [1.165, 1.54) is 4.31 Å². The Morgan fingerprint density at radius 1 is 0.867 bits per heavy atom. The zero-order chi connectivity index (χ0) is 22.1. The van der Waals surface area contributed by atoms with Crippen molar-refractivity contribution in [2.24, 2.45) is 0 Å². The van der Waals surface area contributed by atoms with Crippen LogP contribution in [0.4, 0.5) is 8.78 Å². The van der Waals surface area contributed by atoms with Gasteiger partial charge < -0.3 is 0 Å². The molecular weight excluding hydrogens is 434 g/mol. The third-order valence-corrected chi connectivity index (χ3v) is 9.25. The SMILES string of the molecule is CCC(C)c1ccc(S(=O)(=O)N2CCN(S(=O)(=O)c3ccc(F)cc3F)CC2)cc1. The van der Waals surface area contributed by atoms with E-state index in [0.29, 0.717) is 12.0 Å². The molecule has 0 aliphatic carbocycles. The van der Waals surface area contributed by atoms with Crippen molar-refractivity contribution in [2.45, 2.75) is 36.0 Å². The van der Waals surface area contributed by atoms with E-state index in [1.807, 2.05) is 0 Å². The molecule has 1 atom stereocenters. The maximum Gasteiger partial charge on any atom is 0.246 e. The minimum atomic E-state index is -4.19. The van der Waals surface area contributed by atoms with Crippen LogP contribution in [-0.4, -0.2) is 51.6 Å². The zero-order valence-corrected chi connectivity index (χ0v) is 18.4. The first-order valence-electron chi connectivity index (χ1n) is 9.62. The van der Waals surface area contributed by atoms with Crippen LogP contribution in [0.15, 0.2) is 52.3 Å². The van der Waals surface area contributed by atoms with Crippen LogP contribution in [0.25, 0.3) is 0 Å². The molecular formula is C20H24F2N2O4S2. The number of benzene rings is 2. The summed E-state index contributed by atoms with van der Waals surface area (Å²) in [6.45, 7) is 3.76. The minimum Gasteiger partial charge on any atom is -0.207 e. The summed E-state index contributed by atoms with van der Waals surface area (Å²) in [5.74, 6) is -1.73. The Bertz CT molecular complexity index is 1110. The van der Waals surface area contributed by atoms with E-state index in [-0.39, 0.29) is 31.1 Å². The third-order valence-electron chi connectivity index (χ3n) is 5.41. The second-order valence-electron chi connectivity index (χ2n) is 7.26. The van der Waals surface area contributed by atoms with E-state index >= 15 is 0 Å². The Labute approximate surface area is 176 Å². The lowest BCUT2D eigenvalue weighted by Gasteiger charge is -2.33. The number of piperazine rings is 1. The lowest BCUT2D eigenvalue weighted by molar-refractivity contribution is 0.272. The molecule has 0 radical (unpaired) electrons. The molecule has 3 rings (SSSR count). The van der Waals surface area contributed by atoms with Gasteiger partial charge in [-0.1, -0.05) is 26.0 Å². The van der Waals surface area contributed by atoms with Gasteiger partial charge in [0.2, 0.25) is 20.0 Å². The monoisotopic (exact) mass is 458 g/mol. The molecule has 2 aromatic carbocycles. The smallest absolute Gasteiger partial charge is 0.207 e. The van der Waals surface area contributed by atoms with Crippen LogP contribution in [0.2, 0.25) is 0 Å². The lowest BCUT2D eigenvalue weighted by atomic mass is 9.99. The Kier molecular flexibility index (Phi) is 6.61. The molecule has 0 spiro atoms. The fourth-order valence-electron chi connectivity index (χ4n) is 3.33. The van der Waals surface area contributed by atoms with Crippen LogP contribution in [0, 0.1) is 11.6 Å². The number of rotatable bonds is 6. The molecule has 10 heteroatoms. The van der Waals surface area contributed by atoms with Gasteiger partial charge in [-0.3, -0.25) is 0 Å². The summed E-state index contributed by atoms with van der Waals surface area (Å²) in [5, 5.41) is 0. The molecule has 0 amide bonds. The highest BCUT2D eigenvalue weighted by atomic mass is 32.2. The van der Waals surface area contributed by atoms with Gasteiger partial charge in [0, 0.05) is 32.2 Å². The fourth-order valence-corrected chi connectivity index (χ4v) is 6.22. The van der Waals surface area contributed by atoms with Gasteiger partial charge in [0.1, 0.15) is 16.5 Å². The van der Waals surface area contributed by atoms with Crippen LogP contribution >= 0.6 is 0 Å².